The molecular formula is C25H21F2N3O4. The third-order valence-electron chi connectivity index (χ3n) is 4.98. The Labute approximate surface area is 193 Å². The van der Waals surface area contributed by atoms with Gasteiger partial charge in [-0.2, -0.15) is 8.78 Å². The molecule has 1 heterocycles. The van der Waals surface area contributed by atoms with Gasteiger partial charge >= 0.3 is 12.5 Å². The fraction of sp³-hybridized carbons (Fsp3) is 0.160. The van der Waals surface area contributed by atoms with Gasteiger partial charge in [0.05, 0.1) is 11.0 Å². The lowest BCUT2D eigenvalue weighted by Crippen LogP contribution is -2.31. The summed E-state index contributed by atoms with van der Waals surface area (Å²) in [6.07, 6.45) is -1.04. The minimum atomic E-state index is -2.85. The number of esters is 1. The Hall–Kier alpha value is -4.27. The molecule has 3 aromatic carbocycles. The van der Waals surface area contributed by atoms with Crippen molar-refractivity contribution in [3.63, 3.8) is 0 Å². The predicted octanol–water partition coefficient (Wildman–Crippen LogP) is 5.26. The minimum absolute atomic E-state index is 0.0788. The van der Waals surface area contributed by atoms with Crippen molar-refractivity contribution in [3.05, 3.63) is 90.3 Å². The average Bonchev–Trinajstić information content (AvgIpc) is 3.24. The smallest absolute Gasteiger partial charge is 0.326 e. The summed E-state index contributed by atoms with van der Waals surface area (Å²) in [5, 5.41) is 2.46. The highest BCUT2D eigenvalue weighted by Crippen LogP contribution is 2.28. The first-order chi connectivity index (χ1) is 16.4. The molecule has 1 N–H and O–H groups in total. The molecule has 0 saturated carbocycles. The number of benzene rings is 3. The van der Waals surface area contributed by atoms with Crippen LogP contribution in [-0.2, 0) is 9.53 Å². The number of amides is 1. The molecule has 0 aliphatic carbocycles. The average molecular weight is 465 g/mol. The van der Waals surface area contributed by atoms with Crippen LogP contribution in [0.1, 0.15) is 35.8 Å². The Balaban J connectivity index is 1.34. The van der Waals surface area contributed by atoms with Crippen LogP contribution in [-0.4, -0.2) is 28.0 Å². The van der Waals surface area contributed by atoms with Gasteiger partial charge in [-0.05, 0) is 55.5 Å². The van der Waals surface area contributed by atoms with Gasteiger partial charge in [0.25, 0.3) is 5.91 Å². The SMILES string of the molecule is CC(OC(=O)CNC(=O)c1ccc(Oc2ccccc2)cc1)c1nc2ccccc2n1C(F)F. The van der Waals surface area contributed by atoms with Crippen LogP contribution >= 0.6 is 0 Å². The van der Waals surface area contributed by atoms with Crippen LogP contribution in [0, 0.1) is 0 Å². The van der Waals surface area contributed by atoms with Crippen molar-refractivity contribution in [3.8, 4) is 11.5 Å². The second kappa shape index (κ2) is 10.1. The van der Waals surface area contributed by atoms with E-state index in [9.17, 15) is 18.4 Å². The second-order valence-corrected chi connectivity index (χ2v) is 7.36. The normalized spacial score (nSPS) is 11.9. The zero-order valence-electron chi connectivity index (χ0n) is 18.2. The van der Waals surface area contributed by atoms with E-state index in [1.165, 1.54) is 13.0 Å². The van der Waals surface area contributed by atoms with Crippen LogP contribution in [0.4, 0.5) is 8.78 Å². The summed E-state index contributed by atoms with van der Waals surface area (Å²) in [4.78, 5) is 28.8. The first-order valence-corrected chi connectivity index (χ1v) is 10.5. The van der Waals surface area contributed by atoms with E-state index >= 15 is 0 Å². The molecule has 34 heavy (non-hydrogen) atoms. The monoisotopic (exact) mass is 465 g/mol. The standard InChI is InChI=1S/C25H21F2N3O4/c1-16(23-29-20-9-5-6-10-21(20)30(23)25(26)27)33-22(31)15-28-24(32)17-11-13-19(14-12-17)34-18-7-3-2-4-8-18/h2-14,16,25H,15H2,1H3,(H,28,32). The van der Waals surface area contributed by atoms with E-state index in [0.717, 1.165) is 4.57 Å². The molecule has 0 spiro atoms. The first kappa shape index (κ1) is 22.9. The van der Waals surface area contributed by atoms with Crippen molar-refractivity contribution in [2.75, 3.05) is 6.54 Å². The van der Waals surface area contributed by atoms with Crippen LogP contribution in [0.2, 0.25) is 0 Å². The zero-order valence-corrected chi connectivity index (χ0v) is 18.2. The van der Waals surface area contributed by atoms with E-state index in [-0.39, 0.29) is 11.3 Å². The lowest BCUT2D eigenvalue weighted by Gasteiger charge is -2.15. The van der Waals surface area contributed by atoms with Gasteiger partial charge in [-0.1, -0.05) is 30.3 Å². The number of imidazole rings is 1. The number of nitrogens with zero attached hydrogens (tertiary/aromatic N) is 2. The molecule has 0 aliphatic rings. The first-order valence-electron chi connectivity index (χ1n) is 10.5. The number of hydrogen-bond donors (Lipinski definition) is 1. The van der Waals surface area contributed by atoms with Gasteiger partial charge in [0.2, 0.25) is 0 Å². The maximum Gasteiger partial charge on any atom is 0.326 e. The molecule has 4 rings (SSSR count). The lowest BCUT2D eigenvalue weighted by molar-refractivity contribution is -0.148. The van der Waals surface area contributed by atoms with Crippen molar-refractivity contribution < 1.29 is 27.8 Å². The molecule has 0 fully saturated rings. The zero-order chi connectivity index (χ0) is 24.1. The molecule has 174 valence electrons. The Kier molecular flexibility index (Phi) is 6.82. The van der Waals surface area contributed by atoms with Crippen molar-refractivity contribution >= 4 is 22.9 Å². The molecule has 1 aromatic heterocycles. The van der Waals surface area contributed by atoms with Gasteiger partial charge in [-0.15, -0.1) is 0 Å². The summed E-state index contributed by atoms with van der Waals surface area (Å²) in [6.45, 7) is -1.83. The number of halogens is 2. The number of rotatable bonds is 8. The van der Waals surface area contributed by atoms with Crippen molar-refractivity contribution in [1.82, 2.24) is 14.9 Å². The third-order valence-corrected chi connectivity index (χ3v) is 4.98. The molecule has 0 saturated heterocycles. The number of para-hydroxylation sites is 3. The summed E-state index contributed by atoms with van der Waals surface area (Å²) in [5.74, 6) is -0.131. The van der Waals surface area contributed by atoms with Crippen molar-refractivity contribution in [1.29, 1.82) is 0 Å². The number of alkyl halides is 2. The topological polar surface area (TPSA) is 82.4 Å². The van der Waals surface area contributed by atoms with Crippen LogP contribution in [0.5, 0.6) is 11.5 Å². The van der Waals surface area contributed by atoms with Crippen molar-refractivity contribution in [2.45, 2.75) is 19.6 Å². The Morgan fingerprint density at radius 2 is 1.59 bits per heavy atom. The van der Waals surface area contributed by atoms with Gasteiger partial charge < -0.3 is 14.8 Å². The van der Waals surface area contributed by atoms with Gasteiger partial charge in [0, 0.05) is 5.56 Å². The fourth-order valence-electron chi connectivity index (χ4n) is 3.40. The van der Waals surface area contributed by atoms with E-state index in [1.807, 2.05) is 30.3 Å². The second-order valence-electron chi connectivity index (χ2n) is 7.36. The van der Waals surface area contributed by atoms with E-state index in [2.05, 4.69) is 10.3 Å². The predicted molar refractivity (Wildman–Crippen MR) is 121 cm³/mol. The maximum atomic E-state index is 13.6. The highest BCUT2D eigenvalue weighted by Gasteiger charge is 2.24. The molecule has 7 nitrogen and oxygen atoms in total. The van der Waals surface area contributed by atoms with Crippen LogP contribution in [0.25, 0.3) is 11.0 Å². The number of nitrogens with one attached hydrogen (secondary N) is 1. The maximum absolute atomic E-state index is 13.6. The quantitative estimate of drug-likeness (QED) is 0.359. The molecular weight excluding hydrogens is 444 g/mol. The summed E-state index contributed by atoms with van der Waals surface area (Å²) in [5.41, 5.74) is 0.929. The third kappa shape index (κ3) is 5.20. The fourth-order valence-corrected chi connectivity index (χ4v) is 3.40. The van der Waals surface area contributed by atoms with E-state index in [1.54, 1.807) is 42.5 Å². The summed E-state index contributed by atoms with van der Waals surface area (Å²) >= 11 is 0. The van der Waals surface area contributed by atoms with Gasteiger partial charge in [-0.3, -0.25) is 14.2 Å². The Morgan fingerprint density at radius 1 is 0.941 bits per heavy atom. The molecule has 1 atom stereocenters. The highest BCUT2D eigenvalue weighted by atomic mass is 19.3. The van der Waals surface area contributed by atoms with Gasteiger partial charge in [0.1, 0.15) is 18.0 Å². The highest BCUT2D eigenvalue weighted by molar-refractivity contribution is 5.96. The van der Waals surface area contributed by atoms with Gasteiger partial charge in [0.15, 0.2) is 11.9 Å². The number of carbonyl (C=O) groups excluding carboxylic acids is 2. The van der Waals surface area contributed by atoms with Crippen LogP contribution in [0.3, 0.4) is 0 Å². The molecule has 0 aliphatic heterocycles. The Morgan fingerprint density at radius 3 is 2.29 bits per heavy atom. The summed E-state index contributed by atoms with van der Waals surface area (Å²) in [6, 6.07) is 22.0. The summed E-state index contributed by atoms with van der Waals surface area (Å²) < 4.78 is 38.8. The lowest BCUT2D eigenvalue weighted by atomic mass is 10.2. The molecule has 1 unspecified atom stereocenters. The molecule has 0 bridgehead atoms. The van der Waals surface area contributed by atoms with E-state index in [4.69, 9.17) is 9.47 Å². The number of ether oxygens (including phenoxy) is 2. The number of fused-ring (bicyclic) bond motifs is 1. The van der Waals surface area contributed by atoms with Crippen LogP contribution in [0.15, 0.2) is 78.9 Å². The van der Waals surface area contributed by atoms with Crippen LogP contribution < -0.4 is 10.1 Å². The van der Waals surface area contributed by atoms with E-state index < -0.39 is 31.1 Å². The summed E-state index contributed by atoms with van der Waals surface area (Å²) in [7, 11) is 0. The number of hydrogen-bond acceptors (Lipinski definition) is 5. The van der Waals surface area contributed by atoms with E-state index in [0.29, 0.717) is 22.6 Å². The molecule has 1 amide bonds. The Bertz CT molecular complexity index is 1290. The number of aromatic nitrogens is 2. The molecule has 4 aromatic rings. The molecule has 9 heteroatoms. The minimum Gasteiger partial charge on any atom is -0.457 e. The molecule has 0 radical (unpaired) electrons. The number of carbonyl (C=O) groups is 2. The van der Waals surface area contributed by atoms with Crippen molar-refractivity contribution in [2.24, 2.45) is 0 Å². The van der Waals surface area contributed by atoms with Gasteiger partial charge in [-0.25, -0.2) is 4.98 Å². The largest absolute Gasteiger partial charge is 0.457 e.